The highest BCUT2D eigenvalue weighted by molar-refractivity contribution is 8.18. The lowest BCUT2D eigenvalue weighted by atomic mass is 10.2. The fraction of sp³-hybridized carbons (Fsp3) is 0.190. The number of carbonyl (C=O) groups excluding carboxylic acids is 2. The van der Waals surface area contributed by atoms with Crippen molar-refractivity contribution in [3.8, 4) is 11.5 Å². The predicted octanol–water partition coefficient (Wildman–Crippen LogP) is 3.18. The van der Waals surface area contributed by atoms with Crippen molar-refractivity contribution >= 4 is 40.5 Å². The van der Waals surface area contributed by atoms with Crippen LogP contribution in [0.15, 0.2) is 58.4 Å². The number of thioether (sulfide) groups is 1. The minimum absolute atomic E-state index is 0.128. The van der Waals surface area contributed by atoms with Crippen molar-refractivity contribution in [3.05, 3.63) is 59.0 Å². The van der Waals surface area contributed by atoms with Crippen LogP contribution in [0, 0.1) is 0 Å². The largest absolute Gasteiger partial charge is 0.490 e. The van der Waals surface area contributed by atoms with Gasteiger partial charge in [-0.25, -0.2) is 4.99 Å². The number of nitrogens with two attached hydrogens (primary N) is 1. The number of para-hydroxylation sites is 1. The Morgan fingerprint density at radius 2 is 1.93 bits per heavy atom. The van der Waals surface area contributed by atoms with Gasteiger partial charge >= 0.3 is 0 Å². The van der Waals surface area contributed by atoms with E-state index in [1.165, 1.54) is 16.7 Å². The standard InChI is InChI=1S/C21H21N3O4S/c1-3-27-17-11-14(9-10-16(17)28-13-19(22)25)12-18-20(26)24(2)21(29-18)23-15-7-5-4-6-8-15/h4-12H,3,13H2,1-2H3,(H2,22,25)/b18-12+,23-21?. The third-order valence-electron chi connectivity index (χ3n) is 3.92. The van der Waals surface area contributed by atoms with Gasteiger partial charge in [0.15, 0.2) is 23.3 Å². The zero-order chi connectivity index (χ0) is 20.8. The van der Waals surface area contributed by atoms with Gasteiger partial charge in [0, 0.05) is 7.05 Å². The summed E-state index contributed by atoms with van der Waals surface area (Å²) in [6, 6.07) is 14.7. The topological polar surface area (TPSA) is 94.2 Å². The first kappa shape index (κ1) is 20.5. The summed E-state index contributed by atoms with van der Waals surface area (Å²) < 4.78 is 11.0. The Kier molecular flexibility index (Phi) is 6.56. The number of aliphatic imine (C=N–C) groups is 1. The lowest BCUT2D eigenvalue weighted by Crippen LogP contribution is -2.23. The first-order valence-electron chi connectivity index (χ1n) is 8.97. The van der Waals surface area contributed by atoms with Crippen LogP contribution in [0.2, 0.25) is 0 Å². The fourth-order valence-corrected chi connectivity index (χ4v) is 3.55. The molecule has 2 N–H and O–H groups in total. The molecule has 2 aromatic rings. The van der Waals surface area contributed by atoms with E-state index >= 15 is 0 Å². The molecule has 1 aliphatic rings. The number of benzene rings is 2. The first-order valence-corrected chi connectivity index (χ1v) is 9.79. The number of rotatable bonds is 7. The number of carbonyl (C=O) groups is 2. The maximum Gasteiger partial charge on any atom is 0.266 e. The number of amidine groups is 1. The quantitative estimate of drug-likeness (QED) is 0.706. The van der Waals surface area contributed by atoms with E-state index < -0.39 is 5.91 Å². The Labute approximate surface area is 173 Å². The van der Waals surface area contributed by atoms with Crippen LogP contribution in [0.3, 0.4) is 0 Å². The SMILES string of the molecule is CCOc1cc(/C=C2/SC(=Nc3ccccc3)N(C)C2=O)ccc1OCC(N)=O. The molecule has 2 aromatic carbocycles. The molecule has 0 unspecified atom stereocenters. The normalized spacial score (nSPS) is 16.5. The van der Waals surface area contributed by atoms with Gasteiger partial charge < -0.3 is 15.2 Å². The molecular formula is C21H21N3O4S. The molecule has 0 saturated carbocycles. The van der Waals surface area contributed by atoms with Crippen molar-refractivity contribution < 1.29 is 19.1 Å². The summed E-state index contributed by atoms with van der Waals surface area (Å²) in [5.74, 6) is 0.197. The predicted molar refractivity (Wildman–Crippen MR) is 114 cm³/mol. The number of nitrogens with zero attached hydrogens (tertiary/aromatic N) is 2. The molecule has 0 spiro atoms. The lowest BCUT2D eigenvalue weighted by molar-refractivity contribution is -0.121. The summed E-state index contributed by atoms with van der Waals surface area (Å²) in [5, 5.41) is 0.610. The third-order valence-corrected chi connectivity index (χ3v) is 4.98. The van der Waals surface area contributed by atoms with Gasteiger partial charge in [-0.1, -0.05) is 24.3 Å². The molecule has 0 aliphatic carbocycles. The van der Waals surface area contributed by atoms with Crippen LogP contribution < -0.4 is 15.2 Å². The lowest BCUT2D eigenvalue weighted by Gasteiger charge is -2.11. The molecule has 7 nitrogen and oxygen atoms in total. The summed E-state index contributed by atoms with van der Waals surface area (Å²) in [7, 11) is 1.70. The maximum atomic E-state index is 12.6. The van der Waals surface area contributed by atoms with Gasteiger partial charge in [-0.2, -0.15) is 0 Å². The Morgan fingerprint density at radius 1 is 1.17 bits per heavy atom. The van der Waals surface area contributed by atoms with E-state index in [0.29, 0.717) is 28.2 Å². The number of ether oxygens (including phenoxy) is 2. The molecule has 1 heterocycles. The minimum Gasteiger partial charge on any atom is -0.490 e. The molecule has 0 atom stereocenters. The van der Waals surface area contributed by atoms with Gasteiger partial charge in [0.25, 0.3) is 11.8 Å². The summed E-state index contributed by atoms with van der Waals surface area (Å²) in [4.78, 5) is 30.2. The molecule has 1 fully saturated rings. The van der Waals surface area contributed by atoms with Gasteiger partial charge in [-0.15, -0.1) is 0 Å². The van der Waals surface area contributed by atoms with Gasteiger partial charge in [0.1, 0.15) is 0 Å². The summed E-state index contributed by atoms with van der Waals surface area (Å²) in [6.45, 7) is 2.04. The second-order valence-corrected chi connectivity index (χ2v) is 7.11. The Bertz CT molecular complexity index is 973. The van der Waals surface area contributed by atoms with E-state index in [1.807, 2.05) is 37.3 Å². The average Bonchev–Trinajstić information content (AvgIpc) is 2.96. The fourth-order valence-electron chi connectivity index (χ4n) is 2.57. The Hall–Kier alpha value is -3.26. The Morgan fingerprint density at radius 3 is 2.62 bits per heavy atom. The number of likely N-dealkylation sites (N-methyl/N-ethyl adjacent to an activating group) is 1. The van der Waals surface area contributed by atoms with Crippen LogP contribution in [0.1, 0.15) is 12.5 Å². The molecule has 29 heavy (non-hydrogen) atoms. The van der Waals surface area contributed by atoms with Gasteiger partial charge in [-0.05, 0) is 54.6 Å². The molecular weight excluding hydrogens is 390 g/mol. The van der Waals surface area contributed by atoms with Crippen molar-refractivity contribution in [1.82, 2.24) is 4.90 Å². The van der Waals surface area contributed by atoms with Crippen LogP contribution in [0.4, 0.5) is 5.69 Å². The van der Waals surface area contributed by atoms with Crippen LogP contribution in [0.25, 0.3) is 6.08 Å². The molecule has 0 aromatic heterocycles. The third kappa shape index (κ3) is 5.17. The Balaban J connectivity index is 1.85. The average molecular weight is 411 g/mol. The number of primary amides is 1. The molecule has 0 radical (unpaired) electrons. The molecule has 8 heteroatoms. The van der Waals surface area contributed by atoms with Crippen LogP contribution >= 0.6 is 11.8 Å². The van der Waals surface area contributed by atoms with Gasteiger partial charge in [-0.3, -0.25) is 14.5 Å². The maximum absolute atomic E-state index is 12.6. The van der Waals surface area contributed by atoms with Gasteiger partial charge in [0.2, 0.25) is 0 Å². The van der Waals surface area contributed by atoms with E-state index in [-0.39, 0.29) is 12.5 Å². The molecule has 1 saturated heterocycles. The second-order valence-electron chi connectivity index (χ2n) is 6.10. The van der Waals surface area contributed by atoms with Crippen LogP contribution in [-0.2, 0) is 9.59 Å². The minimum atomic E-state index is -0.570. The van der Waals surface area contributed by atoms with Crippen molar-refractivity contribution in [2.75, 3.05) is 20.3 Å². The van der Waals surface area contributed by atoms with E-state index in [1.54, 1.807) is 31.3 Å². The van der Waals surface area contributed by atoms with Crippen LogP contribution in [-0.4, -0.2) is 42.1 Å². The molecule has 0 bridgehead atoms. The first-order chi connectivity index (χ1) is 14.0. The highest BCUT2D eigenvalue weighted by atomic mass is 32.2. The van der Waals surface area contributed by atoms with Crippen molar-refractivity contribution in [1.29, 1.82) is 0 Å². The van der Waals surface area contributed by atoms with E-state index in [4.69, 9.17) is 15.2 Å². The molecule has 150 valence electrons. The molecule has 3 rings (SSSR count). The van der Waals surface area contributed by atoms with Crippen LogP contribution in [0.5, 0.6) is 11.5 Å². The number of amides is 2. The van der Waals surface area contributed by atoms with Crippen molar-refractivity contribution in [3.63, 3.8) is 0 Å². The summed E-state index contributed by atoms with van der Waals surface area (Å²) in [6.07, 6.45) is 1.78. The number of hydrogen-bond acceptors (Lipinski definition) is 6. The second kappa shape index (κ2) is 9.29. The van der Waals surface area contributed by atoms with Crippen molar-refractivity contribution in [2.24, 2.45) is 10.7 Å². The zero-order valence-corrected chi connectivity index (χ0v) is 16.9. The smallest absolute Gasteiger partial charge is 0.266 e. The summed E-state index contributed by atoms with van der Waals surface area (Å²) in [5.41, 5.74) is 6.68. The van der Waals surface area contributed by atoms with E-state index in [2.05, 4.69) is 4.99 Å². The van der Waals surface area contributed by atoms with Gasteiger partial charge in [0.05, 0.1) is 17.2 Å². The van der Waals surface area contributed by atoms with E-state index in [0.717, 1.165) is 11.3 Å². The molecule has 2 amide bonds. The zero-order valence-electron chi connectivity index (χ0n) is 16.1. The van der Waals surface area contributed by atoms with Crippen molar-refractivity contribution in [2.45, 2.75) is 6.92 Å². The monoisotopic (exact) mass is 411 g/mol. The highest BCUT2D eigenvalue weighted by Gasteiger charge is 2.30. The summed E-state index contributed by atoms with van der Waals surface area (Å²) >= 11 is 1.31. The van der Waals surface area contributed by atoms with E-state index in [9.17, 15) is 9.59 Å². The molecule has 1 aliphatic heterocycles. The number of hydrogen-bond donors (Lipinski definition) is 1. The highest BCUT2D eigenvalue weighted by Crippen LogP contribution is 2.35.